The van der Waals surface area contributed by atoms with Crippen molar-refractivity contribution in [3.8, 4) is 0 Å². The molecule has 334 valence electrons. The average Bonchev–Trinajstić information content (AvgIpc) is 3.72. The van der Waals surface area contributed by atoms with E-state index < -0.39 is 22.2 Å². The van der Waals surface area contributed by atoms with Crippen molar-refractivity contribution in [1.29, 1.82) is 0 Å². The summed E-state index contributed by atoms with van der Waals surface area (Å²) in [6, 6.07) is 63.9. The zero-order chi connectivity index (χ0) is 44.5. The van der Waals surface area contributed by atoms with Crippen molar-refractivity contribution in [2.45, 2.75) is 94.5 Å². The Morgan fingerprint density at radius 2 is 1.00 bits per heavy atom. The lowest BCUT2D eigenvalue weighted by Gasteiger charge is -2.65. The van der Waals surface area contributed by atoms with E-state index in [0.29, 0.717) is 37.9 Å². The van der Waals surface area contributed by atoms with Crippen molar-refractivity contribution in [2.75, 3.05) is 13.2 Å². The summed E-state index contributed by atoms with van der Waals surface area (Å²) in [5.41, 5.74) is 2.73. The third-order valence-electron chi connectivity index (χ3n) is 17.0. The standard InChI is InChI=1S/C60H64O5/c1-3-63-55(61)54-35-34-52-51-37-41-58(62)42-50(65-60(47-28-16-7-17-29-47,48-30-18-8-19-31-48)49-32-20-9-21-33-49)36-40-57(58,53(51)38-39-56(52,54)2)43-64-59(44-22-10-4-11-23-44,45-24-12-5-13-25-45)46-26-14-6-15-27-46/h4-33,50-54,62H,3,34-43H2,1-2H3/t50-,51-,52-,53-,54+,56+,57+,58-/m1/s1. The summed E-state index contributed by atoms with van der Waals surface area (Å²) in [6.45, 7) is 5.07. The zero-order valence-corrected chi connectivity index (χ0v) is 38.1. The summed E-state index contributed by atoms with van der Waals surface area (Å²) in [5.74, 6) is 0.801. The molecule has 8 atom stereocenters. The van der Waals surface area contributed by atoms with Crippen molar-refractivity contribution < 1.29 is 24.1 Å². The van der Waals surface area contributed by atoms with Gasteiger partial charge in [-0.3, -0.25) is 4.79 Å². The average molecular weight is 865 g/mol. The van der Waals surface area contributed by atoms with E-state index >= 15 is 0 Å². The minimum atomic E-state index is -1.09. The molecule has 0 saturated heterocycles. The largest absolute Gasteiger partial charge is 0.466 e. The van der Waals surface area contributed by atoms with E-state index in [2.05, 4.69) is 189 Å². The second-order valence-corrected chi connectivity index (χ2v) is 19.9. The van der Waals surface area contributed by atoms with E-state index in [1.807, 2.05) is 6.92 Å². The summed E-state index contributed by atoms with van der Waals surface area (Å²) in [6.07, 6.45) is 7.07. The number of ether oxygens (including phenoxy) is 3. The number of benzene rings is 6. The van der Waals surface area contributed by atoms with Crippen LogP contribution >= 0.6 is 0 Å². The molecule has 6 aromatic carbocycles. The molecule has 4 saturated carbocycles. The molecule has 4 aliphatic rings. The minimum Gasteiger partial charge on any atom is -0.466 e. The highest BCUT2D eigenvalue weighted by atomic mass is 16.5. The van der Waals surface area contributed by atoms with Gasteiger partial charge in [0.1, 0.15) is 11.2 Å². The van der Waals surface area contributed by atoms with Crippen molar-refractivity contribution in [2.24, 2.45) is 34.5 Å². The Hall–Kier alpha value is -5.33. The lowest BCUT2D eigenvalue weighted by Crippen LogP contribution is -2.66. The van der Waals surface area contributed by atoms with E-state index in [1.165, 1.54) is 0 Å². The second kappa shape index (κ2) is 17.8. The van der Waals surface area contributed by atoms with Crippen molar-refractivity contribution in [3.63, 3.8) is 0 Å². The van der Waals surface area contributed by atoms with Gasteiger partial charge in [0.25, 0.3) is 0 Å². The molecule has 0 aliphatic heterocycles. The molecular weight excluding hydrogens is 801 g/mol. The van der Waals surface area contributed by atoms with Crippen LogP contribution in [0.25, 0.3) is 0 Å². The maximum Gasteiger partial charge on any atom is 0.309 e. The maximum atomic E-state index is 14.0. The van der Waals surface area contributed by atoms with E-state index in [-0.39, 0.29) is 29.3 Å². The van der Waals surface area contributed by atoms with Crippen LogP contribution in [0.3, 0.4) is 0 Å². The molecular formula is C60H64O5. The zero-order valence-electron chi connectivity index (χ0n) is 38.1. The Balaban J connectivity index is 1.09. The second-order valence-electron chi connectivity index (χ2n) is 19.9. The number of hydrogen-bond donors (Lipinski definition) is 1. The molecule has 0 aromatic heterocycles. The van der Waals surface area contributed by atoms with Gasteiger partial charge >= 0.3 is 5.97 Å². The fourth-order valence-corrected chi connectivity index (χ4v) is 14.0. The van der Waals surface area contributed by atoms with Crippen LogP contribution in [0.5, 0.6) is 0 Å². The van der Waals surface area contributed by atoms with E-state index in [0.717, 1.165) is 78.3 Å². The van der Waals surface area contributed by atoms with Gasteiger partial charge < -0.3 is 19.3 Å². The molecule has 1 N–H and O–H groups in total. The van der Waals surface area contributed by atoms with Crippen molar-refractivity contribution in [3.05, 3.63) is 215 Å². The number of rotatable bonds is 13. The number of esters is 1. The Bertz CT molecular complexity index is 2300. The molecule has 5 nitrogen and oxygen atoms in total. The predicted octanol–water partition coefficient (Wildman–Crippen LogP) is 12.7. The molecule has 0 amide bonds. The monoisotopic (exact) mass is 864 g/mol. The Labute approximate surface area is 386 Å². The molecule has 0 radical (unpaired) electrons. The summed E-state index contributed by atoms with van der Waals surface area (Å²) >= 11 is 0. The molecule has 0 bridgehead atoms. The normalized spacial score (nSPS) is 28.6. The minimum absolute atomic E-state index is 0.0314. The smallest absolute Gasteiger partial charge is 0.309 e. The van der Waals surface area contributed by atoms with Gasteiger partial charge in [-0.05, 0) is 115 Å². The number of carbonyl (C=O) groups is 1. The first-order valence-electron chi connectivity index (χ1n) is 24.3. The Kier molecular flexibility index (Phi) is 11.9. The maximum absolute atomic E-state index is 14.0. The quantitative estimate of drug-likeness (QED) is 0.0925. The van der Waals surface area contributed by atoms with Crippen LogP contribution in [-0.4, -0.2) is 36.0 Å². The number of aliphatic hydroxyl groups is 1. The summed E-state index contributed by atoms with van der Waals surface area (Å²) in [4.78, 5) is 13.6. The first-order valence-corrected chi connectivity index (χ1v) is 24.3. The summed E-state index contributed by atoms with van der Waals surface area (Å²) < 4.78 is 21.4. The molecule has 4 fully saturated rings. The molecule has 6 aromatic rings. The van der Waals surface area contributed by atoms with Crippen LogP contribution in [-0.2, 0) is 30.2 Å². The van der Waals surface area contributed by atoms with Crippen LogP contribution in [0.1, 0.15) is 105 Å². The third-order valence-corrected chi connectivity index (χ3v) is 17.0. The summed E-state index contributed by atoms with van der Waals surface area (Å²) in [7, 11) is 0. The van der Waals surface area contributed by atoms with E-state index in [9.17, 15) is 9.90 Å². The fourth-order valence-electron chi connectivity index (χ4n) is 14.0. The van der Waals surface area contributed by atoms with Crippen LogP contribution in [0.4, 0.5) is 0 Å². The highest BCUT2D eigenvalue weighted by molar-refractivity contribution is 5.74. The number of hydrogen-bond acceptors (Lipinski definition) is 5. The van der Waals surface area contributed by atoms with Crippen LogP contribution < -0.4 is 0 Å². The lowest BCUT2D eigenvalue weighted by molar-refractivity contribution is -0.262. The SMILES string of the molecule is CCOC(=O)[C@@H]1CC[C@@H]2[C@H]3CC[C@@]4(O)C[C@H](OC(c5ccccc5)(c5ccccc5)c5ccccc5)CC[C@]4(COC(c4ccccc4)(c4ccccc4)c4ccccc4)[C@@H]3CC[C@@]21C. The lowest BCUT2D eigenvalue weighted by atomic mass is 9.42. The Morgan fingerprint density at radius 3 is 1.45 bits per heavy atom. The Morgan fingerprint density at radius 1 is 0.554 bits per heavy atom. The van der Waals surface area contributed by atoms with Gasteiger partial charge in [-0.15, -0.1) is 0 Å². The third kappa shape index (κ3) is 7.30. The fraction of sp³-hybridized carbons (Fsp3) is 0.383. The van der Waals surface area contributed by atoms with Gasteiger partial charge in [0.2, 0.25) is 0 Å². The first kappa shape index (κ1) is 43.6. The molecule has 5 heteroatoms. The first-order chi connectivity index (χ1) is 31.8. The van der Waals surface area contributed by atoms with Gasteiger partial charge in [0.05, 0.1) is 30.8 Å². The summed E-state index contributed by atoms with van der Waals surface area (Å²) in [5, 5.41) is 14.0. The van der Waals surface area contributed by atoms with Gasteiger partial charge in [-0.1, -0.05) is 189 Å². The van der Waals surface area contributed by atoms with E-state index in [4.69, 9.17) is 14.2 Å². The van der Waals surface area contributed by atoms with Crippen molar-refractivity contribution in [1.82, 2.24) is 0 Å². The van der Waals surface area contributed by atoms with E-state index in [1.54, 1.807) is 0 Å². The molecule has 10 rings (SSSR count). The van der Waals surface area contributed by atoms with Gasteiger partial charge in [0.15, 0.2) is 0 Å². The highest BCUT2D eigenvalue weighted by Crippen LogP contribution is 2.69. The van der Waals surface area contributed by atoms with Gasteiger partial charge in [-0.25, -0.2) is 0 Å². The topological polar surface area (TPSA) is 65.0 Å². The predicted molar refractivity (Wildman–Crippen MR) is 257 cm³/mol. The molecule has 0 unspecified atom stereocenters. The van der Waals surface area contributed by atoms with Crippen LogP contribution in [0.2, 0.25) is 0 Å². The van der Waals surface area contributed by atoms with Crippen LogP contribution in [0.15, 0.2) is 182 Å². The molecule has 0 spiro atoms. The number of carbonyl (C=O) groups excluding carboxylic acids is 1. The van der Waals surface area contributed by atoms with Gasteiger partial charge in [0, 0.05) is 11.8 Å². The van der Waals surface area contributed by atoms with Crippen LogP contribution in [0, 0.1) is 34.5 Å². The highest BCUT2D eigenvalue weighted by Gasteiger charge is 2.68. The van der Waals surface area contributed by atoms with Crippen molar-refractivity contribution >= 4 is 5.97 Å². The molecule has 0 heterocycles. The molecule has 4 aliphatic carbocycles. The molecule has 65 heavy (non-hydrogen) atoms. The van der Waals surface area contributed by atoms with Gasteiger partial charge in [-0.2, -0.15) is 0 Å². The number of fused-ring (bicyclic) bond motifs is 5.